The lowest BCUT2D eigenvalue weighted by Crippen LogP contribution is -2.12. The minimum Gasteiger partial charge on any atom is -0.484 e. The molecular weight excluding hydrogens is 262 g/mol. The Morgan fingerprint density at radius 1 is 1.32 bits per heavy atom. The molecule has 0 aliphatic rings. The molecule has 2 rings (SSSR count). The summed E-state index contributed by atoms with van der Waals surface area (Å²) in [6, 6.07) is 7.79. The van der Waals surface area contributed by atoms with Crippen molar-refractivity contribution in [3.8, 4) is 5.75 Å². The van der Waals surface area contributed by atoms with Crippen LogP contribution in [0.1, 0.15) is 24.4 Å². The van der Waals surface area contributed by atoms with Gasteiger partial charge in [-0.15, -0.1) is 0 Å². The van der Waals surface area contributed by atoms with Gasteiger partial charge in [-0.25, -0.2) is 9.97 Å². The molecule has 100 valence electrons. The SMILES string of the molecule is CNC(C)c1ccc(OCc2ncccn2)c(Cl)c1. The van der Waals surface area contributed by atoms with Crippen LogP contribution >= 0.6 is 11.6 Å². The van der Waals surface area contributed by atoms with E-state index in [1.54, 1.807) is 18.5 Å². The van der Waals surface area contributed by atoms with Crippen molar-refractivity contribution in [1.29, 1.82) is 0 Å². The Morgan fingerprint density at radius 3 is 2.68 bits per heavy atom. The zero-order chi connectivity index (χ0) is 13.7. The van der Waals surface area contributed by atoms with E-state index in [1.807, 2.05) is 25.2 Å². The topological polar surface area (TPSA) is 47.0 Å². The van der Waals surface area contributed by atoms with E-state index in [9.17, 15) is 0 Å². The van der Waals surface area contributed by atoms with E-state index in [-0.39, 0.29) is 6.04 Å². The zero-order valence-electron chi connectivity index (χ0n) is 10.9. The van der Waals surface area contributed by atoms with Crippen LogP contribution < -0.4 is 10.1 Å². The van der Waals surface area contributed by atoms with Gasteiger partial charge in [0.15, 0.2) is 5.82 Å². The lowest BCUT2D eigenvalue weighted by atomic mass is 10.1. The Kier molecular flexibility index (Phi) is 4.71. The maximum atomic E-state index is 6.20. The van der Waals surface area contributed by atoms with Gasteiger partial charge in [-0.2, -0.15) is 0 Å². The molecule has 1 heterocycles. The minimum absolute atomic E-state index is 0.254. The van der Waals surface area contributed by atoms with E-state index >= 15 is 0 Å². The zero-order valence-corrected chi connectivity index (χ0v) is 11.7. The second-order valence-corrected chi connectivity index (χ2v) is 4.56. The van der Waals surface area contributed by atoms with Crippen molar-refractivity contribution in [1.82, 2.24) is 15.3 Å². The summed E-state index contributed by atoms with van der Waals surface area (Å²) in [5.74, 6) is 1.27. The molecule has 5 heteroatoms. The van der Waals surface area contributed by atoms with Gasteiger partial charge in [0.05, 0.1) is 5.02 Å². The molecule has 0 radical (unpaired) electrons. The first kappa shape index (κ1) is 13.8. The van der Waals surface area contributed by atoms with Crippen LogP contribution in [0, 0.1) is 0 Å². The summed E-state index contributed by atoms with van der Waals surface area (Å²) in [5, 5.41) is 3.76. The lowest BCUT2D eigenvalue weighted by molar-refractivity contribution is 0.296. The van der Waals surface area contributed by atoms with Gasteiger partial charge in [-0.3, -0.25) is 0 Å². The van der Waals surface area contributed by atoms with Crippen LogP contribution in [0.3, 0.4) is 0 Å². The van der Waals surface area contributed by atoms with E-state index < -0.39 is 0 Å². The summed E-state index contributed by atoms with van der Waals surface area (Å²) in [6.07, 6.45) is 3.37. The van der Waals surface area contributed by atoms with Crippen LogP contribution in [0.15, 0.2) is 36.7 Å². The van der Waals surface area contributed by atoms with Gasteiger partial charge in [0.1, 0.15) is 12.4 Å². The minimum atomic E-state index is 0.254. The van der Waals surface area contributed by atoms with E-state index in [2.05, 4.69) is 22.2 Å². The number of nitrogens with zero attached hydrogens (tertiary/aromatic N) is 2. The normalized spacial score (nSPS) is 12.2. The summed E-state index contributed by atoms with van der Waals surface area (Å²) in [5.41, 5.74) is 1.12. The van der Waals surface area contributed by atoms with Crippen molar-refractivity contribution < 1.29 is 4.74 Å². The Labute approximate surface area is 117 Å². The molecular formula is C14H16ClN3O. The van der Waals surface area contributed by atoms with Crippen molar-refractivity contribution in [2.45, 2.75) is 19.6 Å². The second kappa shape index (κ2) is 6.50. The van der Waals surface area contributed by atoms with Crippen LogP contribution in [0.25, 0.3) is 0 Å². The molecule has 19 heavy (non-hydrogen) atoms. The maximum absolute atomic E-state index is 6.20. The van der Waals surface area contributed by atoms with Gasteiger partial charge >= 0.3 is 0 Å². The molecule has 1 aromatic carbocycles. The number of aromatic nitrogens is 2. The summed E-state index contributed by atoms with van der Waals surface area (Å²) in [6.45, 7) is 2.38. The summed E-state index contributed by atoms with van der Waals surface area (Å²) in [7, 11) is 1.91. The number of benzene rings is 1. The molecule has 4 nitrogen and oxygen atoms in total. The third-order valence-corrected chi connectivity index (χ3v) is 3.16. The van der Waals surface area contributed by atoms with Crippen molar-refractivity contribution in [2.24, 2.45) is 0 Å². The molecule has 2 aromatic rings. The van der Waals surface area contributed by atoms with Crippen LogP contribution in [0.5, 0.6) is 5.75 Å². The molecule has 0 fully saturated rings. The Hall–Kier alpha value is -1.65. The fourth-order valence-corrected chi connectivity index (χ4v) is 1.86. The van der Waals surface area contributed by atoms with Crippen LogP contribution in [0.2, 0.25) is 5.02 Å². The van der Waals surface area contributed by atoms with E-state index in [0.29, 0.717) is 23.2 Å². The fraction of sp³-hybridized carbons (Fsp3) is 0.286. The monoisotopic (exact) mass is 277 g/mol. The largest absolute Gasteiger partial charge is 0.484 e. The van der Waals surface area contributed by atoms with Crippen molar-refractivity contribution in [3.05, 3.63) is 53.1 Å². The Bertz CT molecular complexity index is 533. The molecule has 0 aliphatic carbocycles. The van der Waals surface area contributed by atoms with Gasteiger partial charge in [-0.05, 0) is 37.7 Å². The lowest BCUT2D eigenvalue weighted by Gasteiger charge is -2.13. The molecule has 0 saturated heterocycles. The van der Waals surface area contributed by atoms with Gasteiger partial charge < -0.3 is 10.1 Å². The number of halogens is 1. The van der Waals surface area contributed by atoms with Gasteiger partial charge in [-0.1, -0.05) is 17.7 Å². The first-order valence-corrected chi connectivity index (χ1v) is 6.44. The van der Waals surface area contributed by atoms with Crippen molar-refractivity contribution >= 4 is 11.6 Å². The maximum Gasteiger partial charge on any atom is 0.166 e. The second-order valence-electron chi connectivity index (χ2n) is 4.15. The smallest absolute Gasteiger partial charge is 0.166 e. The molecule has 1 aromatic heterocycles. The third kappa shape index (κ3) is 3.66. The third-order valence-electron chi connectivity index (χ3n) is 2.86. The average Bonchev–Trinajstić information content (AvgIpc) is 2.46. The first-order chi connectivity index (χ1) is 9.20. The van der Waals surface area contributed by atoms with E-state index in [4.69, 9.17) is 16.3 Å². The molecule has 1 atom stereocenters. The predicted molar refractivity (Wildman–Crippen MR) is 75.3 cm³/mol. The average molecular weight is 278 g/mol. The highest BCUT2D eigenvalue weighted by atomic mass is 35.5. The first-order valence-electron chi connectivity index (χ1n) is 6.06. The van der Waals surface area contributed by atoms with E-state index in [0.717, 1.165) is 5.56 Å². The van der Waals surface area contributed by atoms with Gasteiger partial charge in [0.2, 0.25) is 0 Å². The highest BCUT2D eigenvalue weighted by molar-refractivity contribution is 6.32. The summed E-state index contributed by atoms with van der Waals surface area (Å²) >= 11 is 6.20. The molecule has 0 spiro atoms. The van der Waals surface area contributed by atoms with Gasteiger partial charge in [0, 0.05) is 18.4 Å². The van der Waals surface area contributed by atoms with Crippen molar-refractivity contribution in [2.75, 3.05) is 7.05 Å². The number of rotatable bonds is 5. The highest BCUT2D eigenvalue weighted by Crippen LogP contribution is 2.28. The molecule has 1 unspecified atom stereocenters. The number of nitrogens with one attached hydrogen (secondary N) is 1. The fourth-order valence-electron chi connectivity index (χ4n) is 1.62. The number of hydrogen-bond acceptors (Lipinski definition) is 4. The van der Waals surface area contributed by atoms with Crippen LogP contribution in [-0.2, 0) is 6.61 Å². The summed E-state index contributed by atoms with van der Waals surface area (Å²) in [4.78, 5) is 8.19. The highest BCUT2D eigenvalue weighted by Gasteiger charge is 2.08. The Balaban J connectivity index is 2.05. The number of hydrogen-bond donors (Lipinski definition) is 1. The standard InChI is InChI=1S/C14H16ClN3O/c1-10(16-2)11-4-5-13(12(15)8-11)19-9-14-17-6-3-7-18-14/h3-8,10,16H,9H2,1-2H3. The van der Waals surface area contributed by atoms with E-state index in [1.165, 1.54) is 0 Å². The van der Waals surface area contributed by atoms with Crippen LogP contribution in [0.4, 0.5) is 0 Å². The van der Waals surface area contributed by atoms with Gasteiger partial charge in [0.25, 0.3) is 0 Å². The Morgan fingerprint density at radius 2 is 2.05 bits per heavy atom. The molecule has 1 N–H and O–H groups in total. The molecule has 0 aliphatic heterocycles. The number of ether oxygens (including phenoxy) is 1. The molecule has 0 saturated carbocycles. The summed E-state index contributed by atoms with van der Waals surface area (Å²) < 4.78 is 5.61. The quantitative estimate of drug-likeness (QED) is 0.913. The molecule has 0 amide bonds. The van der Waals surface area contributed by atoms with Crippen LogP contribution in [-0.4, -0.2) is 17.0 Å². The van der Waals surface area contributed by atoms with Crippen molar-refractivity contribution in [3.63, 3.8) is 0 Å². The predicted octanol–water partition coefficient (Wildman–Crippen LogP) is 2.99. The molecule has 0 bridgehead atoms.